The molecule has 1 aliphatic heterocycles. The fourth-order valence-electron chi connectivity index (χ4n) is 3.43. The monoisotopic (exact) mass is 514 g/mol. The molecule has 1 saturated heterocycles. The maximum absolute atomic E-state index is 12.9. The highest BCUT2D eigenvalue weighted by Gasteiger charge is 2.35. The maximum Gasteiger partial charge on any atom is 0.573 e. The van der Waals surface area contributed by atoms with Crippen LogP contribution >= 0.6 is 0 Å². The summed E-state index contributed by atoms with van der Waals surface area (Å²) >= 11 is 0. The lowest BCUT2D eigenvalue weighted by Gasteiger charge is -2.17. The third-order valence-corrected chi connectivity index (χ3v) is 5.00. The van der Waals surface area contributed by atoms with Gasteiger partial charge in [0.1, 0.15) is 5.75 Å². The molecule has 1 aliphatic rings. The number of hydrogen-bond acceptors (Lipinski definition) is 5. The second kappa shape index (κ2) is 9.43. The van der Waals surface area contributed by atoms with Crippen LogP contribution < -0.4 is 15.0 Å². The van der Waals surface area contributed by atoms with Crippen LogP contribution in [0.2, 0.25) is 0 Å². The van der Waals surface area contributed by atoms with Gasteiger partial charge in [0, 0.05) is 31.4 Å². The van der Waals surface area contributed by atoms with Gasteiger partial charge in [0.05, 0.1) is 11.8 Å². The Bertz CT molecular complexity index is 1270. The fourth-order valence-corrected chi connectivity index (χ4v) is 3.43. The van der Waals surface area contributed by atoms with Crippen LogP contribution in [-0.4, -0.2) is 41.3 Å². The Balaban J connectivity index is 1.40. The van der Waals surface area contributed by atoms with Crippen molar-refractivity contribution in [2.24, 2.45) is 0 Å². The number of oxazole rings is 1. The van der Waals surface area contributed by atoms with Gasteiger partial charge in [0.2, 0.25) is 5.76 Å². The zero-order valence-corrected chi connectivity index (χ0v) is 18.1. The van der Waals surface area contributed by atoms with Gasteiger partial charge in [0.15, 0.2) is 0 Å². The summed E-state index contributed by atoms with van der Waals surface area (Å²) in [5.74, 6) is -1.70. The summed E-state index contributed by atoms with van der Waals surface area (Å²) in [7, 11) is 0. The third kappa shape index (κ3) is 5.87. The Kier molecular flexibility index (Phi) is 6.52. The van der Waals surface area contributed by atoms with Crippen molar-refractivity contribution in [2.45, 2.75) is 19.1 Å². The second-order valence-electron chi connectivity index (χ2n) is 7.59. The van der Waals surface area contributed by atoms with E-state index in [4.69, 9.17) is 4.42 Å². The maximum atomic E-state index is 12.9. The number of rotatable bonds is 6. The van der Waals surface area contributed by atoms with Gasteiger partial charge in [-0.05, 0) is 29.8 Å². The van der Waals surface area contributed by atoms with Crippen molar-refractivity contribution in [3.8, 4) is 5.75 Å². The van der Waals surface area contributed by atoms with Crippen LogP contribution in [0.15, 0.2) is 59.1 Å². The summed E-state index contributed by atoms with van der Waals surface area (Å²) < 4.78 is 85.1. The first-order chi connectivity index (χ1) is 16.9. The lowest BCUT2D eigenvalue weighted by atomic mass is 10.1. The zero-order valence-electron chi connectivity index (χ0n) is 18.1. The number of nitrogens with one attached hydrogen (secondary N) is 1. The molecular weight excluding hydrogens is 498 g/mol. The van der Waals surface area contributed by atoms with Gasteiger partial charge in [-0.15, -0.1) is 13.2 Å². The molecule has 0 radical (unpaired) electrons. The van der Waals surface area contributed by atoms with Crippen molar-refractivity contribution in [1.82, 2.24) is 9.88 Å². The first-order valence-corrected chi connectivity index (χ1v) is 10.2. The number of alkyl halides is 6. The van der Waals surface area contributed by atoms with Gasteiger partial charge in [-0.1, -0.05) is 18.2 Å². The average molecular weight is 514 g/mol. The molecule has 0 aliphatic carbocycles. The van der Waals surface area contributed by atoms with Crippen LogP contribution in [0.1, 0.15) is 21.7 Å². The third-order valence-electron chi connectivity index (χ3n) is 5.00. The number of amides is 3. The Hall–Kier alpha value is -4.23. The highest BCUT2D eigenvalue weighted by molar-refractivity contribution is 6.02. The number of anilines is 2. The van der Waals surface area contributed by atoms with Crippen molar-refractivity contribution in [3.63, 3.8) is 0 Å². The van der Waals surface area contributed by atoms with Crippen LogP contribution in [0.5, 0.6) is 5.75 Å². The Morgan fingerprint density at radius 2 is 1.81 bits per heavy atom. The van der Waals surface area contributed by atoms with Gasteiger partial charge in [0.25, 0.3) is 5.91 Å². The van der Waals surface area contributed by atoms with E-state index < -0.39 is 35.8 Å². The molecule has 0 atom stereocenters. The van der Waals surface area contributed by atoms with E-state index in [0.717, 1.165) is 35.4 Å². The summed E-state index contributed by atoms with van der Waals surface area (Å²) in [5.41, 5.74) is -0.559. The second-order valence-corrected chi connectivity index (χ2v) is 7.59. The smallest absolute Gasteiger partial charge is 0.418 e. The first kappa shape index (κ1) is 24.9. The molecule has 0 bridgehead atoms. The number of carbonyl (C=O) groups is 2. The number of halogens is 6. The standard InChI is InChI=1S/C22H16F6N4O4/c23-21(24,25)14-4-1-3-13(9-14)12-31-7-8-32(20(31)34)19-29-11-17(35-19)18(33)30-15-5-2-6-16(10-15)36-22(26,27)28/h1-6,9-11H,7-8,12H2,(H,30,33). The normalized spacial score (nSPS) is 14.3. The average Bonchev–Trinajstić information content (AvgIpc) is 3.40. The van der Waals surface area contributed by atoms with Crippen molar-refractivity contribution in [3.05, 3.63) is 71.6 Å². The lowest BCUT2D eigenvalue weighted by molar-refractivity contribution is -0.274. The number of urea groups is 1. The predicted octanol–water partition coefficient (Wildman–Crippen LogP) is 5.29. The molecule has 8 nitrogen and oxygen atoms in total. The van der Waals surface area contributed by atoms with Crippen molar-refractivity contribution < 1.29 is 45.1 Å². The van der Waals surface area contributed by atoms with Crippen LogP contribution in [-0.2, 0) is 12.7 Å². The largest absolute Gasteiger partial charge is 0.573 e. The van der Waals surface area contributed by atoms with E-state index in [1.807, 2.05) is 0 Å². The molecule has 1 aromatic heterocycles. The summed E-state index contributed by atoms with van der Waals surface area (Å²) in [6.07, 6.45) is -8.39. The van der Waals surface area contributed by atoms with Gasteiger partial charge in [-0.2, -0.15) is 13.2 Å². The minimum Gasteiger partial charge on any atom is -0.418 e. The molecule has 1 fully saturated rings. The molecule has 0 unspecified atom stereocenters. The van der Waals surface area contributed by atoms with Gasteiger partial charge >= 0.3 is 24.6 Å². The first-order valence-electron chi connectivity index (χ1n) is 10.2. The molecule has 1 N–H and O–H groups in total. The van der Waals surface area contributed by atoms with E-state index in [2.05, 4.69) is 15.0 Å². The minimum atomic E-state index is -4.90. The van der Waals surface area contributed by atoms with Gasteiger partial charge in [-0.3, -0.25) is 4.79 Å². The number of hydrogen-bond donors (Lipinski definition) is 1. The summed E-state index contributed by atoms with van der Waals surface area (Å²) in [6, 6.07) is 8.38. The minimum absolute atomic E-state index is 0.00999. The van der Waals surface area contributed by atoms with E-state index >= 15 is 0 Å². The molecule has 0 spiro atoms. The van der Waals surface area contributed by atoms with Gasteiger partial charge in [-0.25, -0.2) is 14.7 Å². The predicted molar refractivity (Wildman–Crippen MR) is 112 cm³/mol. The van der Waals surface area contributed by atoms with E-state index in [-0.39, 0.29) is 42.7 Å². The van der Waals surface area contributed by atoms with E-state index in [1.54, 1.807) is 0 Å². The number of nitrogens with zero attached hydrogens (tertiary/aromatic N) is 3. The number of aromatic nitrogens is 1. The van der Waals surface area contributed by atoms with Gasteiger partial charge < -0.3 is 19.4 Å². The molecule has 4 rings (SSSR count). The van der Waals surface area contributed by atoms with E-state index in [1.165, 1.54) is 29.2 Å². The zero-order chi connectivity index (χ0) is 26.1. The Labute approximate surface area is 199 Å². The lowest BCUT2D eigenvalue weighted by Crippen LogP contribution is -2.31. The number of ether oxygens (including phenoxy) is 1. The number of benzene rings is 2. The highest BCUT2D eigenvalue weighted by atomic mass is 19.4. The molecule has 2 aromatic carbocycles. The van der Waals surface area contributed by atoms with Crippen LogP contribution in [0, 0.1) is 0 Å². The molecule has 0 saturated carbocycles. The molecule has 14 heteroatoms. The van der Waals surface area contributed by atoms with Crippen molar-refractivity contribution in [2.75, 3.05) is 23.3 Å². The summed E-state index contributed by atoms with van der Waals surface area (Å²) in [4.78, 5) is 31.5. The molecule has 190 valence electrons. The molecular formula is C22H16F6N4O4. The van der Waals surface area contributed by atoms with E-state index in [0.29, 0.717) is 0 Å². The molecule has 36 heavy (non-hydrogen) atoms. The number of carbonyl (C=O) groups excluding carboxylic acids is 2. The quantitative estimate of drug-likeness (QED) is 0.452. The van der Waals surface area contributed by atoms with Crippen molar-refractivity contribution in [1.29, 1.82) is 0 Å². The SMILES string of the molecule is O=C(Nc1cccc(OC(F)(F)F)c1)c1cnc(N2CCN(Cc3cccc(C(F)(F)F)c3)C2=O)o1. The Morgan fingerprint density at radius 1 is 1.06 bits per heavy atom. The summed E-state index contributed by atoms with van der Waals surface area (Å²) in [5, 5.41) is 2.33. The fraction of sp³-hybridized carbons (Fsp3) is 0.227. The van der Waals surface area contributed by atoms with Crippen LogP contribution in [0.4, 0.5) is 42.8 Å². The van der Waals surface area contributed by atoms with E-state index in [9.17, 15) is 35.9 Å². The summed E-state index contributed by atoms with van der Waals surface area (Å²) in [6.45, 7) is 0.199. The highest BCUT2D eigenvalue weighted by Crippen LogP contribution is 2.30. The van der Waals surface area contributed by atoms with Crippen LogP contribution in [0.3, 0.4) is 0 Å². The topological polar surface area (TPSA) is 87.9 Å². The Morgan fingerprint density at radius 3 is 2.53 bits per heavy atom. The van der Waals surface area contributed by atoms with Crippen molar-refractivity contribution >= 4 is 23.6 Å². The molecule has 3 aromatic rings. The molecule has 3 amide bonds. The van der Waals surface area contributed by atoms with Crippen LogP contribution in [0.25, 0.3) is 0 Å². The molecule has 2 heterocycles.